The molecule has 19 heavy (non-hydrogen) atoms. The van der Waals surface area contributed by atoms with E-state index in [1.54, 1.807) is 11.3 Å². The molecule has 1 fully saturated rings. The Morgan fingerprint density at radius 3 is 3.00 bits per heavy atom. The van der Waals surface area contributed by atoms with Crippen molar-refractivity contribution in [3.05, 3.63) is 11.1 Å². The number of aromatic nitrogens is 2. The van der Waals surface area contributed by atoms with Gasteiger partial charge >= 0.3 is 0 Å². The second kappa shape index (κ2) is 5.30. The van der Waals surface area contributed by atoms with Crippen molar-refractivity contribution >= 4 is 45.5 Å². The van der Waals surface area contributed by atoms with Crippen molar-refractivity contribution < 1.29 is 0 Å². The van der Waals surface area contributed by atoms with Crippen LogP contribution in [0.15, 0.2) is 5.38 Å². The lowest BCUT2D eigenvalue weighted by atomic mass is 10.3. The predicted molar refractivity (Wildman–Crippen MR) is 86.5 cm³/mol. The average molecular weight is 312 g/mol. The molecule has 0 bridgehead atoms. The molecule has 1 aliphatic rings. The Balaban J connectivity index is 1.98. The molecule has 2 aromatic rings. The molecule has 102 valence electrons. The van der Waals surface area contributed by atoms with Crippen LogP contribution in [0, 0.1) is 6.92 Å². The van der Waals surface area contributed by atoms with Crippen LogP contribution in [0.3, 0.4) is 0 Å². The summed E-state index contributed by atoms with van der Waals surface area (Å²) in [5, 5.41) is 4.89. The van der Waals surface area contributed by atoms with Crippen LogP contribution in [0.4, 0.5) is 10.8 Å². The number of nitrogens with zero attached hydrogens (tertiary/aromatic N) is 3. The number of rotatable bonds is 2. The minimum Gasteiger partial charge on any atom is -0.382 e. The molecule has 7 heteroatoms. The summed E-state index contributed by atoms with van der Waals surface area (Å²) >= 11 is 5.17. The molecular weight excluding hydrogens is 296 g/mol. The highest BCUT2D eigenvalue weighted by molar-refractivity contribution is 8.00. The van der Waals surface area contributed by atoms with Gasteiger partial charge in [-0.25, -0.2) is 4.98 Å². The third kappa shape index (κ3) is 2.59. The second-order valence-electron chi connectivity index (χ2n) is 4.67. The Labute approximate surface area is 125 Å². The van der Waals surface area contributed by atoms with Crippen LogP contribution in [0.5, 0.6) is 0 Å². The number of nitrogen functional groups attached to an aromatic ring is 1. The molecule has 1 saturated heterocycles. The van der Waals surface area contributed by atoms with Gasteiger partial charge in [-0.3, -0.25) is 0 Å². The van der Waals surface area contributed by atoms with Crippen molar-refractivity contribution in [2.75, 3.05) is 29.5 Å². The molecule has 1 aliphatic heterocycles. The van der Waals surface area contributed by atoms with Gasteiger partial charge in [0, 0.05) is 35.2 Å². The summed E-state index contributed by atoms with van der Waals surface area (Å²) in [7, 11) is 0. The highest BCUT2D eigenvalue weighted by Crippen LogP contribution is 2.41. The normalized spacial score (nSPS) is 19.9. The third-order valence-corrected chi connectivity index (χ3v) is 6.10. The third-order valence-electron chi connectivity index (χ3n) is 3.06. The zero-order chi connectivity index (χ0) is 13.4. The van der Waals surface area contributed by atoms with Crippen LogP contribution < -0.4 is 10.6 Å². The molecule has 2 N–H and O–H groups in total. The minimum atomic E-state index is 0.611. The van der Waals surface area contributed by atoms with Crippen molar-refractivity contribution in [2.24, 2.45) is 0 Å². The van der Waals surface area contributed by atoms with Gasteiger partial charge in [-0.1, -0.05) is 6.92 Å². The van der Waals surface area contributed by atoms with Crippen molar-refractivity contribution in [1.29, 1.82) is 0 Å². The van der Waals surface area contributed by atoms with E-state index in [-0.39, 0.29) is 0 Å². The van der Waals surface area contributed by atoms with E-state index >= 15 is 0 Å². The van der Waals surface area contributed by atoms with E-state index in [4.69, 9.17) is 5.73 Å². The van der Waals surface area contributed by atoms with Crippen LogP contribution in [-0.4, -0.2) is 33.4 Å². The van der Waals surface area contributed by atoms with Crippen molar-refractivity contribution in [3.8, 4) is 10.6 Å². The zero-order valence-electron chi connectivity index (χ0n) is 10.9. The molecule has 0 amide bonds. The number of anilines is 2. The van der Waals surface area contributed by atoms with Gasteiger partial charge in [-0.15, -0.1) is 11.3 Å². The van der Waals surface area contributed by atoms with E-state index in [1.165, 1.54) is 16.5 Å². The number of hydrogen-bond donors (Lipinski definition) is 1. The Hall–Kier alpha value is -0.790. The molecule has 1 unspecified atom stereocenters. The Kier molecular flexibility index (Phi) is 3.68. The maximum Gasteiger partial charge on any atom is 0.149 e. The first-order chi connectivity index (χ1) is 9.15. The lowest BCUT2D eigenvalue weighted by Gasteiger charge is -2.31. The van der Waals surface area contributed by atoms with Gasteiger partial charge in [0.05, 0.1) is 5.56 Å². The number of nitrogens with two attached hydrogens (primary N) is 1. The van der Waals surface area contributed by atoms with Gasteiger partial charge in [0.1, 0.15) is 15.8 Å². The highest BCUT2D eigenvalue weighted by atomic mass is 32.2. The van der Waals surface area contributed by atoms with E-state index in [9.17, 15) is 0 Å². The number of aryl methyl sites for hydroxylation is 1. The summed E-state index contributed by atoms with van der Waals surface area (Å²) in [6.45, 7) is 6.40. The van der Waals surface area contributed by atoms with Gasteiger partial charge in [-0.2, -0.15) is 16.1 Å². The van der Waals surface area contributed by atoms with E-state index in [2.05, 4.69) is 26.6 Å². The quantitative estimate of drug-likeness (QED) is 0.923. The van der Waals surface area contributed by atoms with Crippen LogP contribution >= 0.6 is 34.6 Å². The van der Waals surface area contributed by atoms with Gasteiger partial charge in [-0.05, 0) is 18.5 Å². The molecule has 0 spiro atoms. The SMILES string of the molecule is Cc1csc(-c2c(N)nsc2N2CCSC(C)C2)n1. The van der Waals surface area contributed by atoms with Crippen LogP contribution in [-0.2, 0) is 0 Å². The smallest absolute Gasteiger partial charge is 0.149 e. The molecule has 2 aromatic heterocycles. The molecule has 0 saturated carbocycles. The molecular formula is C12H16N4S3. The molecule has 3 heterocycles. The minimum absolute atomic E-state index is 0.611. The van der Waals surface area contributed by atoms with Gasteiger partial charge in [0.25, 0.3) is 0 Å². The Bertz CT molecular complexity index is 577. The molecule has 1 atom stereocenters. The lowest BCUT2D eigenvalue weighted by Crippen LogP contribution is -2.36. The second-order valence-corrected chi connectivity index (χ2v) is 7.83. The Morgan fingerprint density at radius 1 is 1.47 bits per heavy atom. The highest BCUT2D eigenvalue weighted by Gasteiger charge is 2.25. The monoisotopic (exact) mass is 312 g/mol. The van der Waals surface area contributed by atoms with Crippen molar-refractivity contribution in [2.45, 2.75) is 19.1 Å². The summed E-state index contributed by atoms with van der Waals surface area (Å²) in [5.41, 5.74) is 8.13. The molecule has 3 rings (SSSR count). The number of thiazole rings is 1. The topological polar surface area (TPSA) is 55.0 Å². The fraction of sp³-hybridized carbons (Fsp3) is 0.500. The fourth-order valence-corrected chi connectivity index (χ4v) is 4.96. The van der Waals surface area contributed by atoms with E-state index < -0.39 is 0 Å². The summed E-state index contributed by atoms with van der Waals surface area (Å²) < 4.78 is 4.34. The lowest BCUT2D eigenvalue weighted by molar-refractivity contribution is 0.790. The van der Waals surface area contributed by atoms with E-state index in [0.717, 1.165) is 35.1 Å². The van der Waals surface area contributed by atoms with E-state index in [0.29, 0.717) is 11.1 Å². The van der Waals surface area contributed by atoms with Crippen LogP contribution in [0.2, 0.25) is 0 Å². The van der Waals surface area contributed by atoms with Gasteiger partial charge in [0.2, 0.25) is 0 Å². The first-order valence-corrected chi connectivity index (χ1v) is 8.89. The summed E-state index contributed by atoms with van der Waals surface area (Å²) in [6, 6.07) is 0. The number of hydrogen-bond acceptors (Lipinski definition) is 7. The Morgan fingerprint density at radius 2 is 2.32 bits per heavy atom. The average Bonchev–Trinajstić information content (AvgIpc) is 2.95. The molecule has 0 radical (unpaired) electrons. The summed E-state index contributed by atoms with van der Waals surface area (Å²) in [4.78, 5) is 6.97. The maximum atomic E-state index is 6.06. The predicted octanol–water partition coefficient (Wildman–Crippen LogP) is 3.10. The first-order valence-electron chi connectivity index (χ1n) is 6.19. The fourth-order valence-electron chi connectivity index (χ4n) is 2.18. The molecule has 0 aromatic carbocycles. The summed E-state index contributed by atoms with van der Waals surface area (Å²) in [6.07, 6.45) is 0. The van der Waals surface area contributed by atoms with Gasteiger partial charge < -0.3 is 10.6 Å². The zero-order valence-corrected chi connectivity index (χ0v) is 13.4. The standard InChI is InChI=1S/C12H16N4S3/c1-7-6-18-11(14-7)9-10(13)15-19-12(9)16-3-4-17-8(2)5-16/h6,8H,3-5H2,1-2H3,(H2,13,15). The van der Waals surface area contributed by atoms with Crippen molar-refractivity contribution in [1.82, 2.24) is 9.36 Å². The number of thioether (sulfide) groups is 1. The van der Waals surface area contributed by atoms with E-state index in [1.807, 2.05) is 18.7 Å². The van der Waals surface area contributed by atoms with Crippen LogP contribution in [0.25, 0.3) is 10.6 Å². The van der Waals surface area contributed by atoms with Gasteiger partial charge in [0.15, 0.2) is 0 Å². The largest absolute Gasteiger partial charge is 0.382 e. The summed E-state index contributed by atoms with van der Waals surface area (Å²) in [5.74, 6) is 1.77. The molecule has 4 nitrogen and oxygen atoms in total. The van der Waals surface area contributed by atoms with Crippen LogP contribution in [0.1, 0.15) is 12.6 Å². The first kappa shape index (κ1) is 13.2. The maximum absolute atomic E-state index is 6.06. The molecule has 0 aliphatic carbocycles. The van der Waals surface area contributed by atoms with Crippen molar-refractivity contribution in [3.63, 3.8) is 0 Å².